The molecule has 1 aromatic heterocycles. The number of carbonyl (C=O) groups excluding carboxylic acids is 1. The van der Waals surface area contributed by atoms with Crippen LogP contribution in [0.2, 0.25) is 0 Å². The summed E-state index contributed by atoms with van der Waals surface area (Å²) in [5.41, 5.74) is 0.755. The van der Waals surface area contributed by atoms with Crippen molar-refractivity contribution in [3.8, 4) is 5.75 Å². The van der Waals surface area contributed by atoms with Crippen LogP contribution in [0.5, 0.6) is 5.75 Å². The van der Waals surface area contributed by atoms with E-state index < -0.39 is 6.10 Å². The molecule has 0 spiro atoms. The third-order valence-corrected chi connectivity index (χ3v) is 2.83. The standard InChI is InChI=1S/C15H19N3O2/c1-11(2)18-10-14(9-16-18)20-12(3)15(19)17-13-7-5-4-6-8-13/h4-12H,1-3H3,(H,17,19). The summed E-state index contributed by atoms with van der Waals surface area (Å²) in [5, 5.41) is 6.97. The van der Waals surface area contributed by atoms with E-state index in [1.807, 2.05) is 44.2 Å². The molecule has 0 bridgehead atoms. The van der Waals surface area contributed by atoms with Gasteiger partial charge in [0, 0.05) is 11.7 Å². The maximum Gasteiger partial charge on any atom is 0.265 e. The van der Waals surface area contributed by atoms with E-state index in [4.69, 9.17) is 4.74 Å². The van der Waals surface area contributed by atoms with Crippen LogP contribution in [0.3, 0.4) is 0 Å². The number of hydrogen-bond donors (Lipinski definition) is 1. The Kier molecular flexibility index (Phi) is 4.40. The highest BCUT2D eigenvalue weighted by Crippen LogP contribution is 2.15. The van der Waals surface area contributed by atoms with Gasteiger partial charge < -0.3 is 10.1 Å². The molecule has 1 aromatic carbocycles. The smallest absolute Gasteiger partial charge is 0.265 e. The molecule has 20 heavy (non-hydrogen) atoms. The Labute approximate surface area is 118 Å². The van der Waals surface area contributed by atoms with Crippen LogP contribution in [0, 0.1) is 0 Å². The zero-order valence-corrected chi connectivity index (χ0v) is 11.9. The second-order valence-electron chi connectivity index (χ2n) is 4.87. The van der Waals surface area contributed by atoms with Gasteiger partial charge in [-0.2, -0.15) is 5.10 Å². The fourth-order valence-corrected chi connectivity index (χ4v) is 1.69. The van der Waals surface area contributed by atoms with E-state index in [0.717, 1.165) is 5.69 Å². The molecule has 1 unspecified atom stereocenters. The number of carbonyl (C=O) groups is 1. The van der Waals surface area contributed by atoms with Gasteiger partial charge in [-0.25, -0.2) is 0 Å². The van der Waals surface area contributed by atoms with E-state index in [0.29, 0.717) is 5.75 Å². The van der Waals surface area contributed by atoms with Gasteiger partial charge in [0.25, 0.3) is 5.91 Å². The predicted molar refractivity (Wildman–Crippen MR) is 77.8 cm³/mol. The highest BCUT2D eigenvalue weighted by atomic mass is 16.5. The Morgan fingerprint density at radius 2 is 1.95 bits per heavy atom. The molecule has 0 aliphatic carbocycles. The molecule has 5 nitrogen and oxygen atoms in total. The van der Waals surface area contributed by atoms with Crippen molar-refractivity contribution in [1.82, 2.24) is 9.78 Å². The lowest BCUT2D eigenvalue weighted by atomic mass is 10.3. The van der Waals surface area contributed by atoms with Gasteiger partial charge in [-0.3, -0.25) is 9.48 Å². The van der Waals surface area contributed by atoms with E-state index in [2.05, 4.69) is 10.4 Å². The Bertz CT molecular complexity index is 564. The lowest BCUT2D eigenvalue weighted by Gasteiger charge is -2.13. The SMILES string of the molecule is CC(Oc1cnn(C(C)C)c1)C(=O)Nc1ccccc1. The summed E-state index contributed by atoms with van der Waals surface area (Å²) in [4.78, 5) is 12.0. The lowest BCUT2D eigenvalue weighted by Crippen LogP contribution is -2.30. The second kappa shape index (κ2) is 6.23. The molecule has 106 valence electrons. The molecule has 1 amide bonds. The van der Waals surface area contributed by atoms with E-state index in [1.165, 1.54) is 0 Å². The highest BCUT2D eigenvalue weighted by Gasteiger charge is 2.15. The van der Waals surface area contributed by atoms with E-state index in [9.17, 15) is 4.79 Å². The molecule has 0 saturated carbocycles. The summed E-state index contributed by atoms with van der Waals surface area (Å²) >= 11 is 0. The van der Waals surface area contributed by atoms with Crippen molar-refractivity contribution in [2.75, 3.05) is 5.32 Å². The molecule has 1 atom stereocenters. The van der Waals surface area contributed by atoms with Crippen molar-refractivity contribution in [1.29, 1.82) is 0 Å². The van der Waals surface area contributed by atoms with Gasteiger partial charge in [0.05, 0.1) is 12.4 Å². The number of ether oxygens (including phenoxy) is 1. The van der Waals surface area contributed by atoms with Crippen LogP contribution in [0.25, 0.3) is 0 Å². The fraction of sp³-hybridized carbons (Fsp3) is 0.333. The van der Waals surface area contributed by atoms with Crippen LogP contribution in [0.15, 0.2) is 42.7 Å². The monoisotopic (exact) mass is 273 g/mol. The normalized spacial score (nSPS) is 12.2. The zero-order valence-electron chi connectivity index (χ0n) is 11.9. The highest BCUT2D eigenvalue weighted by molar-refractivity contribution is 5.94. The quantitative estimate of drug-likeness (QED) is 0.911. The number of amides is 1. The van der Waals surface area contributed by atoms with Gasteiger partial charge in [-0.15, -0.1) is 0 Å². The molecule has 5 heteroatoms. The van der Waals surface area contributed by atoms with Gasteiger partial charge in [0.1, 0.15) is 0 Å². The summed E-state index contributed by atoms with van der Waals surface area (Å²) < 4.78 is 7.37. The first-order chi connectivity index (χ1) is 9.56. The average molecular weight is 273 g/mol. The number of rotatable bonds is 5. The molecule has 2 aromatic rings. The molecule has 2 rings (SSSR count). The van der Waals surface area contributed by atoms with Crippen molar-refractivity contribution in [2.24, 2.45) is 0 Å². The first kappa shape index (κ1) is 14.1. The minimum atomic E-state index is -0.583. The summed E-state index contributed by atoms with van der Waals surface area (Å²) in [6, 6.07) is 9.57. The van der Waals surface area contributed by atoms with Crippen LogP contribution in [-0.2, 0) is 4.79 Å². The maximum atomic E-state index is 12.0. The number of nitrogens with one attached hydrogen (secondary N) is 1. The zero-order chi connectivity index (χ0) is 14.5. The number of anilines is 1. The number of para-hydroxylation sites is 1. The van der Waals surface area contributed by atoms with Crippen molar-refractivity contribution >= 4 is 11.6 Å². The fourth-order valence-electron chi connectivity index (χ4n) is 1.69. The van der Waals surface area contributed by atoms with Crippen molar-refractivity contribution < 1.29 is 9.53 Å². The molecule has 0 radical (unpaired) electrons. The number of nitrogens with zero attached hydrogens (tertiary/aromatic N) is 2. The molecule has 0 fully saturated rings. The summed E-state index contributed by atoms with van der Waals surface area (Å²) in [5.74, 6) is 0.405. The predicted octanol–water partition coefficient (Wildman–Crippen LogP) is 2.87. The summed E-state index contributed by atoms with van der Waals surface area (Å²) in [6.07, 6.45) is 2.82. The first-order valence-electron chi connectivity index (χ1n) is 6.63. The topological polar surface area (TPSA) is 56.2 Å². The Balaban J connectivity index is 1.93. The van der Waals surface area contributed by atoms with Gasteiger partial charge in [-0.1, -0.05) is 18.2 Å². The molecule has 1 heterocycles. The van der Waals surface area contributed by atoms with Crippen molar-refractivity contribution in [2.45, 2.75) is 32.9 Å². The van der Waals surface area contributed by atoms with Crippen LogP contribution >= 0.6 is 0 Å². The third kappa shape index (κ3) is 3.60. The Hall–Kier alpha value is -2.30. The Morgan fingerprint density at radius 1 is 1.25 bits per heavy atom. The van der Waals surface area contributed by atoms with Gasteiger partial charge >= 0.3 is 0 Å². The minimum absolute atomic E-state index is 0.187. The number of hydrogen-bond acceptors (Lipinski definition) is 3. The summed E-state index contributed by atoms with van der Waals surface area (Å²) in [6.45, 7) is 5.77. The van der Waals surface area contributed by atoms with Crippen LogP contribution in [0.4, 0.5) is 5.69 Å². The van der Waals surface area contributed by atoms with Crippen LogP contribution < -0.4 is 10.1 Å². The van der Waals surface area contributed by atoms with Crippen LogP contribution in [0.1, 0.15) is 26.8 Å². The maximum absolute atomic E-state index is 12.0. The minimum Gasteiger partial charge on any atom is -0.478 e. The van der Waals surface area contributed by atoms with Crippen molar-refractivity contribution in [3.63, 3.8) is 0 Å². The average Bonchev–Trinajstić information content (AvgIpc) is 2.88. The van der Waals surface area contributed by atoms with Crippen molar-refractivity contribution in [3.05, 3.63) is 42.7 Å². The van der Waals surface area contributed by atoms with E-state index in [-0.39, 0.29) is 11.9 Å². The molecule has 0 aliphatic heterocycles. The molecule has 1 N–H and O–H groups in total. The lowest BCUT2D eigenvalue weighted by molar-refractivity contribution is -0.122. The Morgan fingerprint density at radius 3 is 2.55 bits per heavy atom. The van der Waals surface area contributed by atoms with Gasteiger partial charge in [0.2, 0.25) is 0 Å². The van der Waals surface area contributed by atoms with Gasteiger partial charge in [-0.05, 0) is 32.9 Å². The summed E-state index contributed by atoms with van der Waals surface area (Å²) in [7, 11) is 0. The largest absolute Gasteiger partial charge is 0.478 e. The van der Waals surface area contributed by atoms with Gasteiger partial charge in [0.15, 0.2) is 11.9 Å². The molecular formula is C15H19N3O2. The molecular weight excluding hydrogens is 254 g/mol. The first-order valence-corrected chi connectivity index (χ1v) is 6.63. The van der Waals surface area contributed by atoms with E-state index in [1.54, 1.807) is 24.0 Å². The van der Waals surface area contributed by atoms with Crippen LogP contribution in [-0.4, -0.2) is 21.8 Å². The van der Waals surface area contributed by atoms with E-state index >= 15 is 0 Å². The second-order valence-corrected chi connectivity index (χ2v) is 4.87. The molecule has 0 saturated heterocycles. The third-order valence-electron chi connectivity index (χ3n) is 2.83. The number of aromatic nitrogens is 2. The molecule has 0 aliphatic rings. The number of benzene rings is 1.